The fourth-order valence-corrected chi connectivity index (χ4v) is 4.68. The van der Waals surface area contributed by atoms with E-state index in [2.05, 4.69) is 4.98 Å². The van der Waals surface area contributed by atoms with Crippen LogP contribution in [0.4, 0.5) is 8.78 Å². The lowest BCUT2D eigenvalue weighted by Crippen LogP contribution is -2.09. The van der Waals surface area contributed by atoms with Gasteiger partial charge >= 0.3 is 5.97 Å². The summed E-state index contributed by atoms with van der Waals surface area (Å²) in [5.41, 5.74) is 2.50. The highest BCUT2D eigenvalue weighted by Crippen LogP contribution is 2.33. The predicted molar refractivity (Wildman–Crippen MR) is 126 cm³/mol. The average molecular weight is 472 g/mol. The number of aryl methyl sites for hydroxylation is 2. The van der Waals surface area contributed by atoms with Crippen molar-refractivity contribution in [3.8, 4) is 16.3 Å². The Morgan fingerprint density at radius 2 is 1.76 bits per heavy atom. The maximum atomic E-state index is 13.7. The van der Waals surface area contributed by atoms with Crippen LogP contribution in [0.25, 0.3) is 10.6 Å². The lowest BCUT2D eigenvalue weighted by Gasteiger charge is -2.09. The van der Waals surface area contributed by atoms with Crippen molar-refractivity contribution in [1.82, 2.24) is 4.98 Å². The molecular formula is C26H27F2NO3S. The largest absolute Gasteiger partial charge is 0.426 e. The molecule has 174 valence electrons. The van der Waals surface area contributed by atoms with Crippen LogP contribution in [0.3, 0.4) is 0 Å². The first-order valence-corrected chi connectivity index (χ1v) is 11.8. The Labute approximate surface area is 196 Å². The van der Waals surface area contributed by atoms with Gasteiger partial charge in [-0.1, -0.05) is 20.8 Å². The first-order chi connectivity index (χ1) is 15.7. The number of esters is 1. The molecule has 0 N–H and O–H groups in total. The molecule has 0 unspecified atom stereocenters. The van der Waals surface area contributed by atoms with Gasteiger partial charge in [-0.3, -0.25) is 9.59 Å². The van der Waals surface area contributed by atoms with Gasteiger partial charge in [0.15, 0.2) is 5.78 Å². The monoisotopic (exact) mass is 471 g/mol. The number of halogens is 2. The highest BCUT2D eigenvalue weighted by Gasteiger charge is 2.18. The van der Waals surface area contributed by atoms with Crippen LogP contribution in [0, 0.1) is 18.6 Å². The van der Waals surface area contributed by atoms with Crippen molar-refractivity contribution in [2.24, 2.45) is 0 Å². The summed E-state index contributed by atoms with van der Waals surface area (Å²) in [7, 11) is 0. The number of rotatable bonds is 9. The van der Waals surface area contributed by atoms with E-state index in [1.54, 1.807) is 25.1 Å². The first-order valence-electron chi connectivity index (χ1n) is 11.0. The third-order valence-electron chi connectivity index (χ3n) is 5.14. The standard InChI is InChI=1S/C26H27F2NO3S/c1-5-6-24(31)32-22-9-7-17(11-16(22)4)21(30)8-10-23-25(15(2)3)29-26(33-23)18-12-19(27)14-20(28)13-18/h7,9,11-15H,5-6,8,10H2,1-4H3. The van der Waals surface area contributed by atoms with Crippen LogP contribution in [0.15, 0.2) is 36.4 Å². The maximum absolute atomic E-state index is 13.7. The number of nitrogens with zero attached hydrogens (tertiary/aromatic N) is 1. The van der Waals surface area contributed by atoms with Crippen molar-refractivity contribution in [2.75, 3.05) is 0 Å². The summed E-state index contributed by atoms with van der Waals surface area (Å²) >= 11 is 1.36. The van der Waals surface area contributed by atoms with Crippen LogP contribution in [0.2, 0.25) is 0 Å². The summed E-state index contributed by atoms with van der Waals surface area (Å²) in [6.07, 6.45) is 1.80. The van der Waals surface area contributed by atoms with Gasteiger partial charge in [0.05, 0.1) is 5.69 Å². The molecule has 0 bridgehead atoms. The normalized spacial score (nSPS) is 11.1. The molecule has 0 radical (unpaired) electrons. The van der Waals surface area contributed by atoms with Crippen molar-refractivity contribution in [1.29, 1.82) is 0 Å². The van der Waals surface area contributed by atoms with Gasteiger partial charge < -0.3 is 4.74 Å². The van der Waals surface area contributed by atoms with Gasteiger partial charge in [0.25, 0.3) is 0 Å². The lowest BCUT2D eigenvalue weighted by atomic mass is 10.0. The number of ketones is 1. The van der Waals surface area contributed by atoms with Gasteiger partial charge in [-0.15, -0.1) is 11.3 Å². The van der Waals surface area contributed by atoms with Gasteiger partial charge in [-0.05, 0) is 61.6 Å². The minimum absolute atomic E-state index is 0.0361. The summed E-state index contributed by atoms with van der Waals surface area (Å²) < 4.78 is 32.7. The highest BCUT2D eigenvalue weighted by atomic mass is 32.1. The fraction of sp³-hybridized carbons (Fsp3) is 0.346. The molecule has 0 amide bonds. The zero-order valence-corrected chi connectivity index (χ0v) is 20.0. The van der Waals surface area contributed by atoms with Crippen molar-refractivity contribution < 1.29 is 23.1 Å². The van der Waals surface area contributed by atoms with Crippen molar-refractivity contribution in [3.05, 3.63) is 69.7 Å². The van der Waals surface area contributed by atoms with Gasteiger partial charge in [-0.25, -0.2) is 13.8 Å². The third-order valence-corrected chi connectivity index (χ3v) is 6.32. The van der Waals surface area contributed by atoms with E-state index in [-0.39, 0.29) is 24.1 Å². The zero-order valence-electron chi connectivity index (χ0n) is 19.2. The molecule has 0 saturated heterocycles. The van der Waals surface area contributed by atoms with E-state index >= 15 is 0 Å². The number of hydrogen-bond donors (Lipinski definition) is 0. The lowest BCUT2D eigenvalue weighted by molar-refractivity contribution is -0.134. The van der Waals surface area contributed by atoms with Crippen LogP contribution in [0.1, 0.15) is 72.4 Å². The smallest absolute Gasteiger partial charge is 0.311 e. The summed E-state index contributed by atoms with van der Waals surface area (Å²) in [4.78, 5) is 30.1. The van der Waals surface area contributed by atoms with Gasteiger partial charge in [0.2, 0.25) is 0 Å². The molecule has 7 heteroatoms. The van der Waals surface area contributed by atoms with Crippen molar-refractivity contribution >= 4 is 23.1 Å². The summed E-state index contributed by atoms with van der Waals surface area (Å²) in [5, 5.41) is 0.536. The third kappa shape index (κ3) is 6.32. The number of benzene rings is 2. The Morgan fingerprint density at radius 3 is 2.36 bits per heavy atom. The molecule has 0 atom stereocenters. The number of carbonyl (C=O) groups excluding carboxylic acids is 2. The number of thiazole rings is 1. The summed E-state index contributed by atoms with van der Waals surface area (Å²) in [5.74, 6) is -1.06. The second kappa shape index (κ2) is 10.8. The molecule has 1 heterocycles. The molecular weight excluding hydrogens is 444 g/mol. The van der Waals surface area contributed by atoms with E-state index in [0.29, 0.717) is 41.1 Å². The molecule has 0 saturated carbocycles. The topological polar surface area (TPSA) is 56.3 Å². The van der Waals surface area contributed by atoms with Crippen molar-refractivity contribution in [3.63, 3.8) is 0 Å². The molecule has 0 aliphatic heterocycles. The predicted octanol–water partition coefficient (Wildman–Crippen LogP) is 7.04. The minimum Gasteiger partial charge on any atom is -0.426 e. The zero-order chi connectivity index (χ0) is 24.1. The molecule has 2 aromatic carbocycles. The van der Waals surface area contributed by atoms with E-state index in [9.17, 15) is 18.4 Å². The van der Waals surface area contributed by atoms with E-state index in [0.717, 1.165) is 22.2 Å². The molecule has 0 aliphatic carbocycles. The quantitative estimate of drug-likeness (QED) is 0.191. The van der Waals surface area contributed by atoms with Crippen LogP contribution in [-0.2, 0) is 11.2 Å². The first kappa shape index (κ1) is 24.7. The molecule has 4 nitrogen and oxygen atoms in total. The number of Topliss-reactive ketones (excluding diaryl/α,β-unsaturated/α-hetero) is 1. The van der Waals surface area contributed by atoms with Crippen LogP contribution < -0.4 is 4.74 Å². The molecule has 1 aromatic heterocycles. The summed E-state index contributed by atoms with van der Waals surface area (Å²) in [6.45, 7) is 7.70. The minimum atomic E-state index is -0.651. The molecule has 0 spiro atoms. The van der Waals surface area contributed by atoms with Crippen LogP contribution >= 0.6 is 11.3 Å². The van der Waals surface area contributed by atoms with Crippen LogP contribution in [0.5, 0.6) is 5.75 Å². The second-order valence-corrected chi connectivity index (χ2v) is 9.35. The second-order valence-electron chi connectivity index (χ2n) is 8.27. The SMILES string of the molecule is CCCC(=O)Oc1ccc(C(=O)CCc2sc(-c3cc(F)cc(F)c3)nc2C(C)C)cc1C. The number of carbonyl (C=O) groups is 2. The van der Waals surface area contributed by atoms with Crippen molar-refractivity contribution in [2.45, 2.75) is 59.3 Å². The van der Waals surface area contributed by atoms with E-state index in [1.807, 2.05) is 20.8 Å². The Bertz CT molecular complexity index is 1150. The Balaban J connectivity index is 1.75. The Hall–Kier alpha value is -2.93. The maximum Gasteiger partial charge on any atom is 0.311 e. The van der Waals surface area contributed by atoms with E-state index < -0.39 is 11.6 Å². The van der Waals surface area contributed by atoms with Crippen LogP contribution in [-0.4, -0.2) is 16.7 Å². The summed E-state index contributed by atoms with van der Waals surface area (Å²) in [6, 6.07) is 8.41. The number of ether oxygens (including phenoxy) is 1. The molecule has 0 fully saturated rings. The molecule has 33 heavy (non-hydrogen) atoms. The van der Waals surface area contributed by atoms with Gasteiger partial charge in [0, 0.05) is 34.9 Å². The van der Waals surface area contributed by atoms with Gasteiger partial charge in [0.1, 0.15) is 22.4 Å². The molecule has 3 aromatic rings. The highest BCUT2D eigenvalue weighted by molar-refractivity contribution is 7.15. The van der Waals surface area contributed by atoms with Gasteiger partial charge in [-0.2, -0.15) is 0 Å². The molecule has 3 rings (SSSR count). The molecule has 0 aliphatic rings. The fourth-order valence-electron chi connectivity index (χ4n) is 3.48. The Morgan fingerprint density at radius 1 is 1.06 bits per heavy atom. The number of aromatic nitrogens is 1. The van der Waals surface area contributed by atoms with E-state index in [1.165, 1.54) is 23.5 Å². The number of hydrogen-bond acceptors (Lipinski definition) is 5. The average Bonchev–Trinajstić information content (AvgIpc) is 3.18. The Kier molecular flexibility index (Phi) is 8.08. The van der Waals surface area contributed by atoms with E-state index in [4.69, 9.17) is 4.74 Å².